The molecule has 0 saturated carbocycles. The van der Waals surface area contributed by atoms with Crippen LogP contribution in [0.25, 0.3) is 0 Å². The second kappa shape index (κ2) is 11.5. The first kappa shape index (κ1) is 22.0. The number of hydrazone groups is 1. The summed E-state index contributed by atoms with van der Waals surface area (Å²) in [6, 6.07) is 13.4. The Hall–Kier alpha value is -2.67. The summed E-state index contributed by atoms with van der Waals surface area (Å²) in [7, 11) is 0. The molecular formula is C23H26ClN3O3. The average molecular weight is 428 g/mol. The van der Waals surface area contributed by atoms with E-state index >= 15 is 0 Å². The SMILES string of the molecule is C=CCc1cc(/C=N/NC(=O)CN2CCOCC2)ccc1OCc1ccc(Cl)cc1. The van der Waals surface area contributed by atoms with E-state index in [1.165, 1.54) is 0 Å². The van der Waals surface area contributed by atoms with Crippen molar-refractivity contribution in [3.05, 3.63) is 76.8 Å². The van der Waals surface area contributed by atoms with Gasteiger partial charge in [-0.2, -0.15) is 5.10 Å². The number of hydrogen-bond donors (Lipinski definition) is 1. The third-order valence-electron chi connectivity index (χ3n) is 4.63. The number of carbonyl (C=O) groups is 1. The molecule has 1 amide bonds. The Bertz CT molecular complexity index is 878. The number of allylic oxidation sites excluding steroid dienone is 1. The fraction of sp³-hybridized carbons (Fsp3) is 0.304. The van der Waals surface area contributed by atoms with E-state index in [4.69, 9.17) is 21.1 Å². The van der Waals surface area contributed by atoms with Gasteiger partial charge in [-0.3, -0.25) is 9.69 Å². The smallest absolute Gasteiger partial charge is 0.254 e. The van der Waals surface area contributed by atoms with Crippen molar-refractivity contribution >= 4 is 23.7 Å². The Balaban J connectivity index is 1.56. The molecule has 1 N–H and O–H groups in total. The predicted molar refractivity (Wildman–Crippen MR) is 119 cm³/mol. The minimum atomic E-state index is -0.137. The van der Waals surface area contributed by atoms with Crippen LogP contribution in [-0.4, -0.2) is 49.9 Å². The summed E-state index contributed by atoms with van der Waals surface area (Å²) < 4.78 is 11.3. The molecule has 1 aliphatic rings. The van der Waals surface area contributed by atoms with Gasteiger partial charge in [0.2, 0.25) is 0 Å². The monoisotopic (exact) mass is 427 g/mol. The van der Waals surface area contributed by atoms with Crippen molar-refractivity contribution < 1.29 is 14.3 Å². The molecule has 1 heterocycles. The van der Waals surface area contributed by atoms with Gasteiger partial charge in [-0.1, -0.05) is 29.8 Å². The predicted octanol–water partition coefficient (Wildman–Crippen LogP) is 3.43. The normalized spacial score (nSPS) is 14.6. The molecule has 7 heteroatoms. The third-order valence-corrected chi connectivity index (χ3v) is 4.88. The minimum Gasteiger partial charge on any atom is -0.489 e. The van der Waals surface area contributed by atoms with E-state index in [1.807, 2.05) is 53.4 Å². The zero-order valence-electron chi connectivity index (χ0n) is 16.9. The number of ether oxygens (including phenoxy) is 2. The maximum atomic E-state index is 12.0. The summed E-state index contributed by atoms with van der Waals surface area (Å²) in [5.74, 6) is 0.653. The molecule has 3 rings (SSSR count). The molecule has 1 aliphatic heterocycles. The molecule has 0 radical (unpaired) electrons. The highest BCUT2D eigenvalue weighted by Crippen LogP contribution is 2.22. The van der Waals surface area contributed by atoms with Crippen LogP contribution in [0.5, 0.6) is 5.75 Å². The maximum Gasteiger partial charge on any atom is 0.254 e. The molecule has 2 aromatic rings. The fourth-order valence-electron chi connectivity index (χ4n) is 3.05. The first-order chi connectivity index (χ1) is 14.6. The van der Waals surface area contributed by atoms with Crippen LogP contribution >= 0.6 is 11.6 Å². The van der Waals surface area contributed by atoms with Crippen molar-refractivity contribution in [3.8, 4) is 5.75 Å². The van der Waals surface area contributed by atoms with E-state index < -0.39 is 0 Å². The summed E-state index contributed by atoms with van der Waals surface area (Å²) >= 11 is 5.92. The van der Waals surface area contributed by atoms with E-state index in [9.17, 15) is 4.79 Å². The Morgan fingerprint density at radius 3 is 2.73 bits per heavy atom. The fourth-order valence-corrected chi connectivity index (χ4v) is 3.18. The number of nitrogens with one attached hydrogen (secondary N) is 1. The van der Waals surface area contributed by atoms with Gasteiger partial charge >= 0.3 is 0 Å². The van der Waals surface area contributed by atoms with Crippen molar-refractivity contribution in [3.63, 3.8) is 0 Å². The molecule has 1 saturated heterocycles. The van der Waals surface area contributed by atoms with Gasteiger partial charge in [0.15, 0.2) is 0 Å². The van der Waals surface area contributed by atoms with Crippen molar-refractivity contribution in [2.75, 3.05) is 32.8 Å². The van der Waals surface area contributed by atoms with Gasteiger partial charge in [0, 0.05) is 18.1 Å². The molecule has 0 bridgehead atoms. The van der Waals surface area contributed by atoms with Crippen molar-refractivity contribution in [2.45, 2.75) is 13.0 Å². The number of morpholine rings is 1. The Labute approximate surface area is 182 Å². The Morgan fingerprint density at radius 1 is 1.23 bits per heavy atom. The minimum absolute atomic E-state index is 0.137. The van der Waals surface area contributed by atoms with E-state index in [1.54, 1.807) is 6.21 Å². The van der Waals surface area contributed by atoms with Crippen molar-refractivity contribution in [1.82, 2.24) is 10.3 Å². The lowest BCUT2D eigenvalue weighted by Gasteiger charge is -2.25. The van der Waals surface area contributed by atoms with Crippen LogP contribution in [0.3, 0.4) is 0 Å². The molecule has 158 valence electrons. The van der Waals surface area contributed by atoms with Crippen LogP contribution in [0.15, 0.2) is 60.2 Å². The summed E-state index contributed by atoms with van der Waals surface area (Å²) in [5.41, 5.74) is 5.50. The van der Waals surface area contributed by atoms with E-state index in [-0.39, 0.29) is 5.91 Å². The van der Waals surface area contributed by atoms with Crippen molar-refractivity contribution in [1.29, 1.82) is 0 Å². The maximum absolute atomic E-state index is 12.0. The Morgan fingerprint density at radius 2 is 2.00 bits per heavy atom. The van der Waals surface area contributed by atoms with Gasteiger partial charge in [-0.15, -0.1) is 6.58 Å². The second-order valence-electron chi connectivity index (χ2n) is 6.96. The molecule has 1 fully saturated rings. The Kier molecular flexibility index (Phi) is 8.44. The number of benzene rings is 2. The van der Waals surface area contributed by atoms with E-state index in [0.29, 0.717) is 37.8 Å². The van der Waals surface area contributed by atoms with Gasteiger partial charge in [0.05, 0.1) is 26.0 Å². The zero-order valence-corrected chi connectivity index (χ0v) is 17.6. The number of rotatable bonds is 9. The summed E-state index contributed by atoms with van der Waals surface area (Å²) in [5, 5.41) is 4.78. The van der Waals surface area contributed by atoms with Crippen LogP contribution in [0.2, 0.25) is 5.02 Å². The second-order valence-corrected chi connectivity index (χ2v) is 7.39. The molecule has 0 aliphatic carbocycles. The molecule has 6 nitrogen and oxygen atoms in total. The average Bonchev–Trinajstić information content (AvgIpc) is 2.75. The lowest BCUT2D eigenvalue weighted by atomic mass is 10.1. The molecule has 0 aromatic heterocycles. The van der Waals surface area contributed by atoms with Crippen molar-refractivity contribution in [2.24, 2.45) is 5.10 Å². The topological polar surface area (TPSA) is 63.2 Å². The molecule has 0 spiro atoms. The number of halogens is 1. The van der Waals surface area contributed by atoms with Crippen LogP contribution in [0.4, 0.5) is 0 Å². The standard InChI is InChI=1S/C23H26ClN3O3/c1-2-3-20-14-19(15-25-26-23(28)16-27-10-12-29-13-11-27)6-9-22(20)30-17-18-4-7-21(24)8-5-18/h2,4-9,14-15H,1,3,10-13,16-17H2,(H,26,28)/b25-15+. The number of nitrogens with zero attached hydrogens (tertiary/aromatic N) is 2. The third kappa shape index (κ3) is 6.99. The molecule has 2 aromatic carbocycles. The van der Waals surface area contributed by atoms with Crippen LogP contribution in [0.1, 0.15) is 16.7 Å². The molecule has 30 heavy (non-hydrogen) atoms. The first-order valence-electron chi connectivity index (χ1n) is 9.87. The van der Waals surface area contributed by atoms with Crippen LogP contribution in [-0.2, 0) is 22.6 Å². The number of hydrogen-bond acceptors (Lipinski definition) is 5. The van der Waals surface area contributed by atoms with Gasteiger partial charge < -0.3 is 9.47 Å². The summed E-state index contributed by atoms with van der Waals surface area (Å²) in [6.07, 6.45) is 4.13. The highest BCUT2D eigenvalue weighted by molar-refractivity contribution is 6.30. The lowest BCUT2D eigenvalue weighted by molar-refractivity contribution is -0.123. The summed E-state index contributed by atoms with van der Waals surface area (Å²) in [4.78, 5) is 14.1. The van der Waals surface area contributed by atoms with Gasteiger partial charge in [-0.05, 0) is 53.4 Å². The zero-order chi connectivity index (χ0) is 21.2. The number of amides is 1. The van der Waals surface area contributed by atoms with Gasteiger partial charge in [0.1, 0.15) is 12.4 Å². The number of carbonyl (C=O) groups excluding carboxylic acids is 1. The first-order valence-corrected chi connectivity index (χ1v) is 10.2. The van der Waals surface area contributed by atoms with Gasteiger partial charge in [0.25, 0.3) is 5.91 Å². The molecule has 0 unspecified atom stereocenters. The highest BCUT2D eigenvalue weighted by Gasteiger charge is 2.13. The molecular weight excluding hydrogens is 402 g/mol. The largest absolute Gasteiger partial charge is 0.489 e. The van der Waals surface area contributed by atoms with Crippen LogP contribution in [0, 0.1) is 0 Å². The van der Waals surface area contributed by atoms with E-state index in [2.05, 4.69) is 17.1 Å². The van der Waals surface area contributed by atoms with Crippen LogP contribution < -0.4 is 10.2 Å². The summed E-state index contributed by atoms with van der Waals surface area (Å²) in [6.45, 7) is 7.44. The quantitative estimate of drug-likeness (QED) is 0.378. The van der Waals surface area contributed by atoms with Gasteiger partial charge in [-0.25, -0.2) is 5.43 Å². The highest BCUT2D eigenvalue weighted by atomic mass is 35.5. The lowest BCUT2D eigenvalue weighted by Crippen LogP contribution is -2.42. The molecule has 0 atom stereocenters. The van der Waals surface area contributed by atoms with E-state index in [0.717, 1.165) is 35.5 Å².